The van der Waals surface area contributed by atoms with Gasteiger partial charge in [-0.25, -0.2) is 14.4 Å². The molecule has 214 valence electrons. The van der Waals surface area contributed by atoms with Gasteiger partial charge >= 0.3 is 18.1 Å². The van der Waals surface area contributed by atoms with Crippen LogP contribution >= 0.6 is 22.7 Å². The van der Waals surface area contributed by atoms with E-state index < -0.39 is 5.60 Å². The molecule has 0 bridgehead atoms. The molecule has 0 radical (unpaired) electrons. The summed E-state index contributed by atoms with van der Waals surface area (Å²) in [6.07, 6.45) is 8.98. The van der Waals surface area contributed by atoms with Crippen LogP contribution in [0.25, 0.3) is 5.00 Å². The van der Waals surface area contributed by atoms with Gasteiger partial charge in [-0.05, 0) is 89.5 Å². The van der Waals surface area contributed by atoms with Crippen LogP contribution in [0.5, 0.6) is 0 Å². The van der Waals surface area contributed by atoms with E-state index in [4.69, 9.17) is 9.47 Å². The van der Waals surface area contributed by atoms with E-state index in [9.17, 15) is 14.4 Å². The number of anilines is 2. The smallest absolute Gasteiger partial charge is 0.415 e. The van der Waals surface area contributed by atoms with E-state index >= 15 is 0 Å². The van der Waals surface area contributed by atoms with Crippen molar-refractivity contribution in [1.82, 2.24) is 9.88 Å². The van der Waals surface area contributed by atoms with Crippen LogP contribution in [0.1, 0.15) is 78.9 Å². The highest BCUT2D eigenvalue weighted by Crippen LogP contribution is 2.43. The van der Waals surface area contributed by atoms with Crippen molar-refractivity contribution in [2.75, 3.05) is 23.4 Å². The van der Waals surface area contributed by atoms with E-state index in [0.717, 1.165) is 70.1 Å². The Morgan fingerprint density at radius 1 is 0.975 bits per heavy atom. The number of thiophene rings is 2. The first kappa shape index (κ1) is 28.2. The van der Waals surface area contributed by atoms with Gasteiger partial charge in [0.15, 0.2) is 0 Å². The summed E-state index contributed by atoms with van der Waals surface area (Å²) < 4.78 is 13.0. The number of amides is 3. The lowest BCUT2D eigenvalue weighted by atomic mass is 9.95. The van der Waals surface area contributed by atoms with E-state index in [1.807, 2.05) is 49.9 Å². The Kier molecular flexibility index (Phi) is 8.23. The topological polar surface area (TPSA) is 102 Å². The lowest BCUT2D eigenvalue weighted by molar-refractivity contribution is 0.0524. The van der Waals surface area contributed by atoms with Gasteiger partial charge in [0.05, 0.1) is 12.2 Å². The fourth-order valence-electron chi connectivity index (χ4n) is 5.21. The SMILES string of the molecule is CCOC(=O)c1c(NC(=O)NCc2c(-n3cccc3)sc3c2CCCN3C(=O)OC(C)(C)C)sc2c1CCCC2. The molecule has 0 spiro atoms. The van der Waals surface area contributed by atoms with Gasteiger partial charge in [0, 0.05) is 35.9 Å². The number of hydrogen-bond donors (Lipinski definition) is 2. The molecule has 0 saturated heterocycles. The molecule has 40 heavy (non-hydrogen) atoms. The number of aryl methyl sites for hydroxylation is 1. The van der Waals surface area contributed by atoms with Gasteiger partial charge in [0.1, 0.15) is 20.6 Å². The number of fused-ring (bicyclic) bond motifs is 2. The highest BCUT2D eigenvalue weighted by atomic mass is 32.1. The van der Waals surface area contributed by atoms with Crippen molar-refractivity contribution in [3.63, 3.8) is 0 Å². The van der Waals surface area contributed by atoms with Crippen LogP contribution in [0.2, 0.25) is 0 Å². The molecular formula is C29H36N4O5S2. The molecule has 5 rings (SSSR count). The molecule has 0 unspecified atom stereocenters. The summed E-state index contributed by atoms with van der Waals surface area (Å²) in [5.74, 6) is -0.388. The summed E-state index contributed by atoms with van der Waals surface area (Å²) in [5, 5.41) is 8.29. The number of aromatic nitrogens is 1. The number of carbonyl (C=O) groups is 3. The molecule has 0 saturated carbocycles. The maximum absolute atomic E-state index is 13.2. The van der Waals surface area contributed by atoms with E-state index in [0.29, 0.717) is 17.1 Å². The van der Waals surface area contributed by atoms with Crippen LogP contribution in [-0.2, 0) is 35.3 Å². The molecule has 2 aliphatic rings. The number of nitrogens with one attached hydrogen (secondary N) is 2. The van der Waals surface area contributed by atoms with Gasteiger partial charge in [-0.15, -0.1) is 11.3 Å². The highest BCUT2D eigenvalue weighted by Gasteiger charge is 2.33. The fourth-order valence-corrected chi connectivity index (χ4v) is 7.83. The van der Waals surface area contributed by atoms with Crippen molar-refractivity contribution >= 4 is 50.8 Å². The first-order chi connectivity index (χ1) is 19.2. The number of urea groups is 1. The van der Waals surface area contributed by atoms with E-state index in [1.165, 1.54) is 22.7 Å². The van der Waals surface area contributed by atoms with Crippen LogP contribution in [-0.4, -0.2) is 41.4 Å². The Bertz CT molecular complexity index is 1400. The molecule has 3 aromatic heterocycles. The number of hydrogen-bond acceptors (Lipinski definition) is 7. The van der Waals surface area contributed by atoms with Crippen LogP contribution < -0.4 is 15.5 Å². The van der Waals surface area contributed by atoms with Crippen molar-refractivity contribution in [2.45, 2.75) is 78.4 Å². The van der Waals surface area contributed by atoms with Gasteiger partial charge in [-0.3, -0.25) is 10.2 Å². The van der Waals surface area contributed by atoms with Gasteiger partial charge in [0.25, 0.3) is 0 Å². The summed E-state index contributed by atoms with van der Waals surface area (Å²) in [7, 11) is 0. The van der Waals surface area contributed by atoms with Crippen molar-refractivity contribution < 1.29 is 23.9 Å². The second-order valence-corrected chi connectivity index (χ2v) is 13.0. The standard InChI is InChI=1S/C29H36N4O5S2/c1-5-37-26(34)22-19-11-6-7-13-21(19)39-23(22)31-27(35)30-17-20-18-12-10-16-33(28(36)38-29(2,3)4)25(18)40-24(20)32-14-8-9-15-32/h8-9,14-15H,5-7,10-13,16-17H2,1-4H3,(H2,30,31,35). The Morgan fingerprint density at radius 3 is 2.42 bits per heavy atom. The zero-order chi connectivity index (χ0) is 28.4. The molecular weight excluding hydrogens is 548 g/mol. The third-order valence-corrected chi connectivity index (χ3v) is 9.40. The Hall–Kier alpha value is -3.31. The zero-order valence-corrected chi connectivity index (χ0v) is 25.1. The molecule has 4 heterocycles. The van der Waals surface area contributed by atoms with Gasteiger partial charge < -0.3 is 19.4 Å². The molecule has 11 heteroatoms. The second-order valence-electron chi connectivity index (χ2n) is 10.9. The summed E-state index contributed by atoms with van der Waals surface area (Å²) >= 11 is 2.99. The zero-order valence-electron chi connectivity index (χ0n) is 23.4. The molecule has 3 aromatic rings. The van der Waals surface area contributed by atoms with E-state index in [-0.39, 0.29) is 31.2 Å². The monoisotopic (exact) mass is 584 g/mol. The molecule has 3 amide bonds. The molecule has 1 aliphatic heterocycles. The molecule has 2 N–H and O–H groups in total. The quantitative estimate of drug-likeness (QED) is 0.315. The maximum atomic E-state index is 13.2. The predicted molar refractivity (Wildman–Crippen MR) is 158 cm³/mol. The number of esters is 1. The summed E-state index contributed by atoms with van der Waals surface area (Å²) in [6, 6.07) is 3.51. The van der Waals surface area contributed by atoms with Crippen LogP contribution in [0.3, 0.4) is 0 Å². The third-order valence-electron chi connectivity index (χ3n) is 6.88. The highest BCUT2D eigenvalue weighted by molar-refractivity contribution is 7.19. The lowest BCUT2D eigenvalue weighted by Gasteiger charge is -2.30. The Labute approximate surface area is 242 Å². The molecule has 0 aromatic carbocycles. The summed E-state index contributed by atoms with van der Waals surface area (Å²) in [5.41, 5.74) is 2.92. The number of rotatable bonds is 6. The minimum Gasteiger partial charge on any atom is -0.462 e. The molecule has 1 aliphatic carbocycles. The van der Waals surface area contributed by atoms with Crippen LogP contribution in [0, 0.1) is 0 Å². The lowest BCUT2D eigenvalue weighted by Crippen LogP contribution is -2.39. The van der Waals surface area contributed by atoms with Crippen molar-refractivity contribution in [1.29, 1.82) is 0 Å². The van der Waals surface area contributed by atoms with Crippen LogP contribution in [0.4, 0.5) is 19.6 Å². The fraction of sp³-hybridized carbons (Fsp3) is 0.483. The Morgan fingerprint density at radius 2 is 1.70 bits per heavy atom. The minimum atomic E-state index is -0.596. The number of carbonyl (C=O) groups excluding carboxylic acids is 3. The molecule has 9 nitrogen and oxygen atoms in total. The first-order valence-electron chi connectivity index (χ1n) is 13.8. The third kappa shape index (κ3) is 5.90. The normalized spacial score (nSPS) is 14.8. The van der Waals surface area contributed by atoms with E-state index in [1.54, 1.807) is 11.8 Å². The van der Waals surface area contributed by atoms with Gasteiger partial charge in [0.2, 0.25) is 0 Å². The molecule has 0 fully saturated rings. The van der Waals surface area contributed by atoms with Crippen molar-refractivity contribution in [3.05, 3.63) is 51.7 Å². The number of ether oxygens (including phenoxy) is 2. The van der Waals surface area contributed by atoms with Crippen molar-refractivity contribution in [2.24, 2.45) is 0 Å². The number of nitrogens with zero attached hydrogens (tertiary/aromatic N) is 2. The first-order valence-corrected chi connectivity index (χ1v) is 15.4. The Balaban J connectivity index is 1.39. The summed E-state index contributed by atoms with van der Waals surface area (Å²) in [6.45, 7) is 8.50. The van der Waals surface area contributed by atoms with E-state index in [2.05, 4.69) is 10.6 Å². The average Bonchev–Trinajstić information content (AvgIpc) is 3.63. The second kappa shape index (κ2) is 11.7. The largest absolute Gasteiger partial charge is 0.462 e. The maximum Gasteiger partial charge on any atom is 0.415 e. The van der Waals surface area contributed by atoms with Gasteiger partial charge in [-0.2, -0.15) is 0 Å². The van der Waals surface area contributed by atoms with Crippen molar-refractivity contribution in [3.8, 4) is 5.00 Å². The average molecular weight is 585 g/mol. The predicted octanol–water partition coefficient (Wildman–Crippen LogP) is 6.67. The molecule has 0 atom stereocenters. The minimum absolute atomic E-state index is 0.271. The van der Waals surface area contributed by atoms with Gasteiger partial charge in [-0.1, -0.05) is 11.3 Å². The summed E-state index contributed by atoms with van der Waals surface area (Å²) in [4.78, 5) is 41.9. The van der Waals surface area contributed by atoms with Crippen LogP contribution in [0.15, 0.2) is 24.5 Å².